The second-order valence-corrected chi connectivity index (χ2v) is 7.06. The van der Waals surface area contributed by atoms with Crippen molar-refractivity contribution in [3.05, 3.63) is 71.8 Å². The monoisotopic (exact) mass is 410 g/mol. The highest BCUT2D eigenvalue weighted by Crippen LogP contribution is 2.24. The van der Waals surface area contributed by atoms with Gasteiger partial charge in [-0.3, -0.25) is 4.57 Å². The number of nitrogen functional groups attached to an aromatic ring is 1. The molecule has 10 heteroatoms. The van der Waals surface area contributed by atoms with Crippen molar-refractivity contribution in [2.45, 2.75) is 10.9 Å². The van der Waals surface area contributed by atoms with Gasteiger partial charge >= 0.3 is 0 Å². The van der Waals surface area contributed by atoms with E-state index in [0.29, 0.717) is 27.7 Å². The minimum absolute atomic E-state index is 0.153. The first-order valence-corrected chi connectivity index (χ1v) is 9.65. The SMILES string of the molecule is Nc1nc(CSc2nncn2-c2cccc(Cl)c2)nc(Nc2ccccc2)n1. The van der Waals surface area contributed by atoms with Gasteiger partial charge in [0.05, 0.1) is 11.4 Å². The minimum Gasteiger partial charge on any atom is -0.368 e. The van der Waals surface area contributed by atoms with E-state index < -0.39 is 0 Å². The molecule has 0 unspecified atom stereocenters. The molecule has 2 aromatic heterocycles. The summed E-state index contributed by atoms with van der Waals surface area (Å²) < 4.78 is 1.85. The highest BCUT2D eigenvalue weighted by atomic mass is 35.5. The van der Waals surface area contributed by atoms with Crippen LogP contribution in [0.25, 0.3) is 5.69 Å². The van der Waals surface area contributed by atoms with Crippen molar-refractivity contribution >= 4 is 40.9 Å². The summed E-state index contributed by atoms with van der Waals surface area (Å²) in [5.74, 6) is 1.54. The number of hydrogen-bond acceptors (Lipinski definition) is 8. The van der Waals surface area contributed by atoms with Gasteiger partial charge in [-0.1, -0.05) is 47.6 Å². The highest BCUT2D eigenvalue weighted by Gasteiger charge is 2.11. The first-order chi connectivity index (χ1) is 13.7. The minimum atomic E-state index is 0.153. The predicted octanol–water partition coefficient (Wildman–Crippen LogP) is 3.72. The van der Waals surface area contributed by atoms with Crippen molar-refractivity contribution in [1.29, 1.82) is 0 Å². The lowest BCUT2D eigenvalue weighted by molar-refractivity contribution is 0.880. The van der Waals surface area contributed by atoms with E-state index in [2.05, 4.69) is 30.5 Å². The van der Waals surface area contributed by atoms with Gasteiger partial charge in [0, 0.05) is 10.7 Å². The van der Waals surface area contributed by atoms with Crippen molar-refractivity contribution in [3.63, 3.8) is 0 Å². The van der Waals surface area contributed by atoms with Crippen molar-refractivity contribution in [3.8, 4) is 5.69 Å². The zero-order valence-corrected chi connectivity index (χ0v) is 16.1. The molecule has 0 spiro atoms. The number of nitrogens with zero attached hydrogens (tertiary/aromatic N) is 6. The van der Waals surface area contributed by atoms with Crippen LogP contribution in [0.5, 0.6) is 0 Å². The molecule has 2 heterocycles. The van der Waals surface area contributed by atoms with Crippen LogP contribution < -0.4 is 11.1 Å². The number of benzene rings is 2. The third-order valence-electron chi connectivity index (χ3n) is 3.66. The van der Waals surface area contributed by atoms with Crippen LogP contribution in [0.1, 0.15) is 5.82 Å². The maximum Gasteiger partial charge on any atom is 0.232 e. The Balaban J connectivity index is 1.51. The standard InChI is InChI=1S/C18H15ClN8S/c19-12-5-4-8-14(9-12)27-11-21-26-18(27)28-10-15-23-16(20)25-17(24-15)22-13-6-2-1-3-7-13/h1-9,11H,10H2,(H3,20,22,23,24,25). The van der Waals surface area contributed by atoms with Gasteiger partial charge in [-0.05, 0) is 30.3 Å². The summed E-state index contributed by atoms with van der Waals surface area (Å²) in [5, 5.41) is 12.6. The zero-order chi connectivity index (χ0) is 19.3. The number of hydrogen-bond donors (Lipinski definition) is 2. The van der Waals surface area contributed by atoms with Crippen molar-refractivity contribution < 1.29 is 0 Å². The molecule has 0 saturated heterocycles. The second-order valence-electron chi connectivity index (χ2n) is 5.68. The Kier molecular flexibility index (Phi) is 5.36. The molecular weight excluding hydrogens is 396 g/mol. The Morgan fingerprint density at radius 1 is 1.04 bits per heavy atom. The summed E-state index contributed by atoms with van der Waals surface area (Å²) in [6.45, 7) is 0. The van der Waals surface area contributed by atoms with Crippen LogP contribution >= 0.6 is 23.4 Å². The van der Waals surface area contributed by atoms with E-state index >= 15 is 0 Å². The Morgan fingerprint density at radius 2 is 1.89 bits per heavy atom. The second kappa shape index (κ2) is 8.24. The highest BCUT2D eigenvalue weighted by molar-refractivity contribution is 7.98. The molecule has 0 fully saturated rings. The van der Waals surface area contributed by atoms with Crippen molar-refractivity contribution in [2.24, 2.45) is 0 Å². The molecule has 0 aliphatic carbocycles. The summed E-state index contributed by atoms with van der Waals surface area (Å²) in [7, 11) is 0. The summed E-state index contributed by atoms with van der Waals surface area (Å²) in [6.07, 6.45) is 1.64. The van der Waals surface area contributed by atoms with Crippen molar-refractivity contribution in [1.82, 2.24) is 29.7 Å². The smallest absolute Gasteiger partial charge is 0.232 e. The number of anilines is 3. The van der Waals surface area contributed by atoms with Gasteiger partial charge in [-0.2, -0.15) is 15.0 Å². The number of nitrogens with two attached hydrogens (primary N) is 1. The molecule has 0 saturated carbocycles. The van der Waals surface area contributed by atoms with Crippen LogP contribution in [0.4, 0.5) is 17.6 Å². The van der Waals surface area contributed by atoms with Crippen LogP contribution in [0, 0.1) is 0 Å². The molecule has 0 radical (unpaired) electrons. The molecule has 0 bridgehead atoms. The first-order valence-electron chi connectivity index (χ1n) is 8.28. The van der Waals surface area contributed by atoms with Gasteiger partial charge in [0.1, 0.15) is 12.2 Å². The van der Waals surface area contributed by atoms with E-state index in [1.54, 1.807) is 6.33 Å². The summed E-state index contributed by atoms with van der Waals surface area (Å²) >= 11 is 7.52. The van der Waals surface area contributed by atoms with Gasteiger partial charge in [0.15, 0.2) is 5.16 Å². The lowest BCUT2D eigenvalue weighted by Crippen LogP contribution is -2.06. The molecule has 0 aliphatic rings. The maximum atomic E-state index is 6.08. The Morgan fingerprint density at radius 3 is 2.71 bits per heavy atom. The van der Waals surface area contributed by atoms with E-state index in [4.69, 9.17) is 17.3 Å². The molecule has 0 amide bonds. The quantitative estimate of drug-likeness (QED) is 0.463. The van der Waals surface area contributed by atoms with E-state index in [1.807, 2.05) is 59.2 Å². The Hall–Kier alpha value is -3.17. The third-order valence-corrected chi connectivity index (χ3v) is 4.84. The number of aromatic nitrogens is 6. The average Bonchev–Trinajstić information content (AvgIpc) is 3.15. The number of rotatable bonds is 6. The van der Waals surface area contributed by atoms with E-state index in [1.165, 1.54) is 11.8 Å². The first kappa shape index (κ1) is 18.2. The normalized spacial score (nSPS) is 10.8. The largest absolute Gasteiger partial charge is 0.368 e. The molecule has 8 nitrogen and oxygen atoms in total. The number of nitrogens with one attached hydrogen (secondary N) is 1. The molecule has 0 aliphatic heterocycles. The molecule has 4 rings (SSSR count). The van der Waals surface area contributed by atoms with Gasteiger partial charge in [-0.25, -0.2) is 0 Å². The third kappa shape index (κ3) is 4.38. The Labute approximate surface area is 170 Å². The molecule has 140 valence electrons. The van der Waals surface area contributed by atoms with E-state index in [9.17, 15) is 0 Å². The molecule has 3 N–H and O–H groups in total. The van der Waals surface area contributed by atoms with Crippen LogP contribution in [-0.4, -0.2) is 29.7 Å². The van der Waals surface area contributed by atoms with Gasteiger partial charge in [0.25, 0.3) is 0 Å². The number of para-hydroxylation sites is 1. The van der Waals surface area contributed by atoms with Crippen LogP contribution in [-0.2, 0) is 5.75 Å². The fourth-order valence-corrected chi connectivity index (χ4v) is 3.43. The average molecular weight is 411 g/mol. The van der Waals surface area contributed by atoms with Crippen molar-refractivity contribution in [2.75, 3.05) is 11.1 Å². The van der Waals surface area contributed by atoms with Crippen LogP contribution in [0.15, 0.2) is 66.1 Å². The summed E-state index contributed by atoms with van der Waals surface area (Å²) in [6, 6.07) is 17.1. The van der Waals surface area contributed by atoms with Crippen LogP contribution in [0.3, 0.4) is 0 Å². The summed E-state index contributed by atoms with van der Waals surface area (Å²) in [4.78, 5) is 12.8. The number of thioether (sulfide) groups is 1. The fourth-order valence-electron chi connectivity index (χ4n) is 2.46. The topological polar surface area (TPSA) is 107 Å². The molecule has 4 aromatic rings. The van der Waals surface area contributed by atoms with Gasteiger partial charge < -0.3 is 11.1 Å². The van der Waals surface area contributed by atoms with E-state index in [0.717, 1.165) is 11.4 Å². The van der Waals surface area contributed by atoms with E-state index in [-0.39, 0.29) is 5.95 Å². The lowest BCUT2D eigenvalue weighted by Gasteiger charge is -2.08. The zero-order valence-electron chi connectivity index (χ0n) is 14.5. The van der Waals surface area contributed by atoms with Gasteiger partial charge in [-0.15, -0.1) is 10.2 Å². The van der Waals surface area contributed by atoms with Gasteiger partial charge in [0.2, 0.25) is 11.9 Å². The molecule has 28 heavy (non-hydrogen) atoms. The molecule has 0 atom stereocenters. The maximum absolute atomic E-state index is 6.08. The fraction of sp³-hybridized carbons (Fsp3) is 0.0556. The molecular formula is C18H15ClN8S. The number of halogens is 1. The predicted molar refractivity (Wildman–Crippen MR) is 110 cm³/mol. The molecule has 2 aromatic carbocycles. The van der Waals surface area contributed by atoms with Crippen LogP contribution in [0.2, 0.25) is 5.02 Å². The Bertz CT molecular complexity index is 1090. The lowest BCUT2D eigenvalue weighted by atomic mass is 10.3. The summed E-state index contributed by atoms with van der Waals surface area (Å²) in [5.41, 5.74) is 7.58.